The lowest BCUT2D eigenvalue weighted by Gasteiger charge is -2.39. The number of halogens is 1. The lowest BCUT2D eigenvalue weighted by molar-refractivity contribution is -0.116. The summed E-state index contributed by atoms with van der Waals surface area (Å²) in [6.07, 6.45) is 2.12. The number of rotatable bonds is 5. The Balaban J connectivity index is 1.77. The maximum Gasteiger partial charge on any atom is 0.173 e. The number of allylic oxidation sites excluding steroid dienone is 1. The van der Waals surface area contributed by atoms with E-state index in [2.05, 4.69) is 5.32 Å². The number of benzene rings is 2. The van der Waals surface area contributed by atoms with E-state index in [1.165, 1.54) is 6.07 Å². The van der Waals surface area contributed by atoms with Crippen molar-refractivity contribution in [3.05, 3.63) is 70.7 Å². The molecule has 0 bridgehead atoms. The van der Waals surface area contributed by atoms with E-state index in [0.29, 0.717) is 34.2 Å². The number of thiocarbonyl (C=S) groups is 1. The number of hydrogen-bond acceptors (Lipinski definition) is 4. The summed E-state index contributed by atoms with van der Waals surface area (Å²) in [5.74, 6) is 0.755. The number of nitrogens with one attached hydrogen (secondary N) is 1. The van der Waals surface area contributed by atoms with Crippen LogP contribution >= 0.6 is 12.2 Å². The number of hydrogen-bond donors (Lipinski definition) is 1. The first-order chi connectivity index (χ1) is 14.5. The second-order valence-corrected chi connectivity index (χ2v) is 7.72. The van der Waals surface area contributed by atoms with Crippen LogP contribution in [0.15, 0.2) is 53.7 Å². The van der Waals surface area contributed by atoms with E-state index in [1.54, 1.807) is 31.4 Å². The van der Waals surface area contributed by atoms with Crippen molar-refractivity contribution >= 4 is 23.1 Å². The standard InChI is InChI=1S/C23H23FN2O3S/c1-26-17-10-6-11-18(27)20(17)21(25-23(26)30)15-8-5-12-19(28-2)22(15)29-13-14-7-3-4-9-16(14)24/h3-5,7-9,12,21H,6,10-11,13H2,1-2H3,(H,25,30). The molecule has 0 aromatic heterocycles. The number of carbonyl (C=O) groups excluding carboxylic acids is 1. The van der Waals surface area contributed by atoms with Crippen LogP contribution in [0.3, 0.4) is 0 Å². The smallest absolute Gasteiger partial charge is 0.173 e. The van der Waals surface area contributed by atoms with Crippen molar-refractivity contribution in [2.24, 2.45) is 0 Å². The maximum atomic E-state index is 14.1. The Morgan fingerprint density at radius 1 is 1.20 bits per heavy atom. The van der Waals surface area contributed by atoms with Crippen LogP contribution in [0, 0.1) is 5.82 Å². The fourth-order valence-electron chi connectivity index (χ4n) is 4.01. The molecule has 0 saturated carbocycles. The van der Waals surface area contributed by atoms with Crippen molar-refractivity contribution in [3.63, 3.8) is 0 Å². The predicted molar refractivity (Wildman–Crippen MR) is 116 cm³/mol. The maximum absolute atomic E-state index is 14.1. The minimum atomic E-state index is -0.442. The van der Waals surface area contributed by atoms with Gasteiger partial charge in [0.1, 0.15) is 12.4 Å². The lowest BCUT2D eigenvalue weighted by atomic mass is 9.84. The van der Waals surface area contributed by atoms with Crippen molar-refractivity contribution in [2.45, 2.75) is 31.9 Å². The Kier molecular flexibility index (Phi) is 5.72. The molecule has 0 saturated heterocycles. The van der Waals surface area contributed by atoms with Crippen LogP contribution in [0.1, 0.15) is 36.4 Å². The zero-order valence-electron chi connectivity index (χ0n) is 16.9. The van der Waals surface area contributed by atoms with Crippen molar-refractivity contribution in [1.29, 1.82) is 0 Å². The molecule has 0 amide bonds. The van der Waals surface area contributed by atoms with Gasteiger partial charge >= 0.3 is 0 Å². The minimum Gasteiger partial charge on any atom is -0.493 e. The van der Waals surface area contributed by atoms with Gasteiger partial charge in [-0.15, -0.1) is 0 Å². The third-order valence-electron chi connectivity index (χ3n) is 5.56. The molecule has 1 atom stereocenters. The summed E-state index contributed by atoms with van der Waals surface area (Å²) in [5.41, 5.74) is 2.84. The molecule has 0 fully saturated rings. The number of Topliss-reactive ketones (excluding diaryl/α,β-unsaturated/α-hetero) is 1. The van der Waals surface area contributed by atoms with Gasteiger partial charge in [0.15, 0.2) is 22.4 Å². The zero-order chi connectivity index (χ0) is 21.3. The average molecular weight is 427 g/mol. The second-order valence-electron chi connectivity index (χ2n) is 7.34. The van der Waals surface area contributed by atoms with Gasteiger partial charge in [-0.1, -0.05) is 30.3 Å². The van der Waals surface area contributed by atoms with E-state index in [9.17, 15) is 9.18 Å². The summed E-state index contributed by atoms with van der Waals surface area (Å²) in [7, 11) is 3.43. The van der Waals surface area contributed by atoms with Gasteiger partial charge in [0.05, 0.1) is 13.2 Å². The molecule has 1 aliphatic carbocycles. The highest BCUT2D eigenvalue weighted by Crippen LogP contribution is 2.43. The molecule has 1 heterocycles. The fraction of sp³-hybridized carbons (Fsp3) is 0.304. The van der Waals surface area contributed by atoms with Crippen LogP contribution in [-0.2, 0) is 11.4 Å². The Bertz CT molecular complexity index is 1040. The average Bonchev–Trinajstić information content (AvgIpc) is 2.75. The van der Waals surface area contributed by atoms with E-state index < -0.39 is 6.04 Å². The van der Waals surface area contributed by atoms with Gasteiger partial charge in [-0.3, -0.25) is 4.79 Å². The predicted octanol–water partition coefficient (Wildman–Crippen LogP) is 4.28. The van der Waals surface area contributed by atoms with Crippen molar-refractivity contribution in [1.82, 2.24) is 10.2 Å². The summed E-state index contributed by atoms with van der Waals surface area (Å²) in [4.78, 5) is 14.7. The summed E-state index contributed by atoms with van der Waals surface area (Å²) in [6, 6.07) is 11.6. The summed E-state index contributed by atoms with van der Waals surface area (Å²) in [6.45, 7) is 0.0387. The highest BCUT2D eigenvalue weighted by atomic mass is 32.1. The largest absolute Gasteiger partial charge is 0.493 e. The van der Waals surface area contributed by atoms with Crippen LogP contribution in [0.2, 0.25) is 0 Å². The molecule has 0 radical (unpaired) electrons. The van der Waals surface area contributed by atoms with E-state index in [-0.39, 0.29) is 18.2 Å². The molecule has 1 aliphatic heterocycles. The van der Waals surface area contributed by atoms with E-state index in [0.717, 1.165) is 24.1 Å². The number of ketones is 1. The van der Waals surface area contributed by atoms with Crippen molar-refractivity contribution in [2.75, 3.05) is 14.2 Å². The molecule has 1 N–H and O–H groups in total. The Morgan fingerprint density at radius 2 is 2.00 bits per heavy atom. The topological polar surface area (TPSA) is 50.8 Å². The quantitative estimate of drug-likeness (QED) is 0.721. The number of ether oxygens (including phenoxy) is 2. The minimum absolute atomic E-state index is 0.0387. The highest BCUT2D eigenvalue weighted by Gasteiger charge is 2.37. The molecule has 30 heavy (non-hydrogen) atoms. The monoisotopic (exact) mass is 426 g/mol. The number of para-hydroxylation sites is 1. The van der Waals surface area contributed by atoms with Crippen LogP contribution in [0.5, 0.6) is 11.5 Å². The summed E-state index contributed by atoms with van der Waals surface area (Å²) in [5, 5.41) is 3.83. The van der Waals surface area contributed by atoms with Crippen LogP contribution in [0.25, 0.3) is 0 Å². The van der Waals surface area contributed by atoms with Gasteiger partial charge in [-0.25, -0.2) is 4.39 Å². The molecular weight excluding hydrogens is 403 g/mol. The van der Waals surface area contributed by atoms with Gasteiger partial charge in [0, 0.05) is 35.9 Å². The number of nitrogens with zero attached hydrogens (tertiary/aromatic N) is 1. The number of carbonyl (C=O) groups is 1. The molecule has 156 valence electrons. The first kappa shape index (κ1) is 20.3. The fourth-order valence-corrected chi connectivity index (χ4v) is 4.24. The van der Waals surface area contributed by atoms with E-state index in [4.69, 9.17) is 21.7 Å². The lowest BCUT2D eigenvalue weighted by Crippen LogP contribution is -2.47. The third kappa shape index (κ3) is 3.65. The molecule has 1 unspecified atom stereocenters. The first-order valence-corrected chi connectivity index (χ1v) is 10.3. The molecule has 2 aromatic carbocycles. The molecule has 4 rings (SSSR count). The highest BCUT2D eigenvalue weighted by molar-refractivity contribution is 7.80. The SMILES string of the molecule is COc1cccc(C2NC(=S)N(C)C3=C2C(=O)CCC3)c1OCc1ccccc1F. The van der Waals surface area contributed by atoms with Crippen LogP contribution in [-0.4, -0.2) is 30.0 Å². The Hall–Kier alpha value is -2.93. The van der Waals surface area contributed by atoms with E-state index in [1.807, 2.05) is 24.1 Å². The van der Waals surface area contributed by atoms with Gasteiger partial charge in [0.25, 0.3) is 0 Å². The van der Waals surface area contributed by atoms with Crippen LogP contribution in [0.4, 0.5) is 4.39 Å². The molecular formula is C23H23FN2O3S. The molecule has 2 aromatic rings. The van der Waals surface area contributed by atoms with Crippen LogP contribution < -0.4 is 14.8 Å². The second kappa shape index (κ2) is 8.44. The first-order valence-electron chi connectivity index (χ1n) is 9.84. The zero-order valence-corrected chi connectivity index (χ0v) is 17.7. The molecule has 0 spiro atoms. The van der Waals surface area contributed by atoms with Gasteiger partial charge in [0.2, 0.25) is 0 Å². The normalized spacial score (nSPS) is 18.8. The Morgan fingerprint density at radius 3 is 2.77 bits per heavy atom. The Labute approximate surface area is 180 Å². The molecule has 2 aliphatic rings. The third-order valence-corrected chi connectivity index (χ3v) is 5.96. The van der Waals surface area contributed by atoms with Crippen molar-refractivity contribution < 1.29 is 18.7 Å². The van der Waals surface area contributed by atoms with Gasteiger partial charge in [-0.2, -0.15) is 0 Å². The van der Waals surface area contributed by atoms with E-state index >= 15 is 0 Å². The number of methoxy groups -OCH3 is 1. The van der Waals surface area contributed by atoms with Gasteiger partial charge in [-0.05, 0) is 37.2 Å². The molecule has 7 heteroatoms. The molecule has 5 nitrogen and oxygen atoms in total. The van der Waals surface area contributed by atoms with Crippen molar-refractivity contribution in [3.8, 4) is 11.5 Å². The van der Waals surface area contributed by atoms with Gasteiger partial charge < -0.3 is 19.7 Å². The summed E-state index contributed by atoms with van der Waals surface area (Å²) >= 11 is 5.52. The summed E-state index contributed by atoms with van der Waals surface area (Å²) < 4.78 is 25.7.